The van der Waals surface area contributed by atoms with Crippen molar-refractivity contribution in [2.45, 2.75) is 11.8 Å². The molecule has 5 nitrogen and oxygen atoms in total. The second-order valence-electron chi connectivity index (χ2n) is 4.18. The van der Waals surface area contributed by atoms with Crippen molar-refractivity contribution in [1.82, 2.24) is 4.98 Å². The SMILES string of the molecule is Cc1cc(Cl)c(NS(=O)(=O)c2ccc(C#N)nc2)cc1Cl. The van der Waals surface area contributed by atoms with Crippen molar-refractivity contribution < 1.29 is 8.42 Å². The molecule has 0 aliphatic rings. The molecule has 0 saturated carbocycles. The van der Waals surface area contributed by atoms with Crippen molar-refractivity contribution in [3.63, 3.8) is 0 Å². The standard InChI is InChI=1S/C13H9Cl2N3O2S/c1-8-4-12(15)13(5-11(8)14)18-21(19,20)10-3-2-9(6-16)17-7-10/h2-5,7,18H,1H3. The fourth-order valence-corrected chi connectivity index (χ4v) is 3.03. The van der Waals surface area contributed by atoms with Crippen molar-refractivity contribution in [3.8, 4) is 6.07 Å². The molecule has 0 atom stereocenters. The number of halogens is 2. The predicted octanol–water partition coefficient (Wildman–Crippen LogP) is 3.37. The summed E-state index contributed by atoms with van der Waals surface area (Å²) in [5, 5.41) is 9.29. The molecule has 1 aromatic heterocycles. The maximum Gasteiger partial charge on any atom is 0.263 e. The van der Waals surface area contributed by atoms with E-state index in [-0.39, 0.29) is 21.3 Å². The lowest BCUT2D eigenvalue weighted by Crippen LogP contribution is -2.13. The van der Waals surface area contributed by atoms with E-state index in [2.05, 4.69) is 9.71 Å². The summed E-state index contributed by atoms with van der Waals surface area (Å²) in [6, 6.07) is 7.43. The van der Waals surface area contributed by atoms with Gasteiger partial charge < -0.3 is 0 Å². The maximum absolute atomic E-state index is 12.2. The highest BCUT2D eigenvalue weighted by Gasteiger charge is 2.17. The third-order valence-corrected chi connectivity index (χ3v) is 4.72. The highest BCUT2D eigenvalue weighted by molar-refractivity contribution is 7.92. The van der Waals surface area contributed by atoms with Crippen molar-refractivity contribution in [2.75, 3.05) is 4.72 Å². The number of benzene rings is 1. The Balaban J connectivity index is 2.37. The number of anilines is 1. The molecule has 2 rings (SSSR count). The summed E-state index contributed by atoms with van der Waals surface area (Å²) in [7, 11) is -3.86. The number of rotatable bonds is 3. The zero-order valence-electron chi connectivity index (χ0n) is 10.8. The van der Waals surface area contributed by atoms with Gasteiger partial charge in [-0.15, -0.1) is 0 Å². The number of nitriles is 1. The summed E-state index contributed by atoms with van der Waals surface area (Å²) in [6.07, 6.45) is 1.10. The van der Waals surface area contributed by atoms with Crippen molar-refractivity contribution in [3.05, 3.63) is 51.8 Å². The van der Waals surface area contributed by atoms with E-state index in [1.165, 1.54) is 18.2 Å². The van der Waals surface area contributed by atoms with Gasteiger partial charge in [0.25, 0.3) is 10.0 Å². The summed E-state index contributed by atoms with van der Waals surface area (Å²) in [5.74, 6) is 0. The number of sulfonamides is 1. The number of aromatic nitrogens is 1. The summed E-state index contributed by atoms with van der Waals surface area (Å²) in [5.41, 5.74) is 1.05. The zero-order chi connectivity index (χ0) is 15.6. The molecule has 0 spiro atoms. The molecule has 1 aromatic carbocycles. The molecule has 2 aromatic rings. The van der Waals surface area contributed by atoms with Gasteiger partial charge in [-0.3, -0.25) is 4.72 Å². The minimum atomic E-state index is -3.86. The van der Waals surface area contributed by atoms with E-state index < -0.39 is 10.0 Å². The Morgan fingerprint density at radius 3 is 2.52 bits per heavy atom. The Morgan fingerprint density at radius 1 is 1.24 bits per heavy atom. The molecule has 8 heteroatoms. The smallest absolute Gasteiger partial charge is 0.263 e. The van der Waals surface area contributed by atoms with Crippen LogP contribution < -0.4 is 4.72 Å². The van der Waals surface area contributed by atoms with Gasteiger partial charge in [0.05, 0.1) is 10.7 Å². The first-order valence-electron chi connectivity index (χ1n) is 5.68. The molecule has 1 heterocycles. The van der Waals surface area contributed by atoms with Crippen LogP contribution in [0.25, 0.3) is 0 Å². The van der Waals surface area contributed by atoms with Crippen molar-refractivity contribution in [2.24, 2.45) is 0 Å². The van der Waals surface area contributed by atoms with Crippen LogP contribution in [0.5, 0.6) is 0 Å². The summed E-state index contributed by atoms with van der Waals surface area (Å²) in [6.45, 7) is 1.76. The van der Waals surface area contributed by atoms with Crippen LogP contribution in [0, 0.1) is 18.3 Å². The molecule has 0 unspecified atom stereocenters. The molecule has 108 valence electrons. The fourth-order valence-electron chi connectivity index (χ4n) is 1.53. The number of aryl methyl sites for hydroxylation is 1. The van der Waals surface area contributed by atoms with Crippen LogP contribution in [0.1, 0.15) is 11.3 Å². The highest BCUT2D eigenvalue weighted by Crippen LogP contribution is 2.30. The molecular weight excluding hydrogens is 333 g/mol. The van der Waals surface area contributed by atoms with Gasteiger partial charge in [0.15, 0.2) is 0 Å². The van der Waals surface area contributed by atoms with E-state index in [1.807, 2.05) is 6.07 Å². The average molecular weight is 342 g/mol. The Kier molecular flexibility index (Phi) is 4.37. The second-order valence-corrected chi connectivity index (χ2v) is 6.67. The Labute approximate surface area is 132 Å². The monoisotopic (exact) mass is 341 g/mol. The molecule has 0 fully saturated rings. The zero-order valence-corrected chi connectivity index (χ0v) is 13.1. The van der Waals surface area contributed by atoms with Crippen LogP contribution in [0.2, 0.25) is 10.0 Å². The Morgan fingerprint density at radius 2 is 1.95 bits per heavy atom. The molecule has 0 bridgehead atoms. The van der Waals surface area contributed by atoms with Crippen LogP contribution in [-0.4, -0.2) is 13.4 Å². The molecule has 0 aliphatic carbocycles. The van der Waals surface area contributed by atoms with Gasteiger partial charge in [0.2, 0.25) is 0 Å². The van der Waals surface area contributed by atoms with Crippen LogP contribution in [-0.2, 0) is 10.0 Å². The minimum absolute atomic E-state index is 0.0748. The van der Waals surface area contributed by atoms with Crippen LogP contribution in [0.4, 0.5) is 5.69 Å². The van der Waals surface area contributed by atoms with E-state index in [9.17, 15) is 8.42 Å². The van der Waals surface area contributed by atoms with E-state index >= 15 is 0 Å². The largest absolute Gasteiger partial charge is 0.278 e. The topological polar surface area (TPSA) is 82.9 Å². The second kappa shape index (κ2) is 5.90. The van der Waals surface area contributed by atoms with Gasteiger partial charge >= 0.3 is 0 Å². The first kappa shape index (κ1) is 15.6. The van der Waals surface area contributed by atoms with Gasteiger partial charge in [0.1, 0.15) is 16.7 Å². The molecule has 21 heavy (non-hydrogen) atoms. The Bertz CT molecular complexity index is 828. The molecule has 0 radical (unpaired) electrons. The number of pyridine rings is 1. The average Bonchev–Trinajstić information content (AvgIpc) is 2.44. The van der Waals surface area contributed by atoms with E-state index in [0.29, 0.717) is 5.02 Å². The number of hydrogen-bond acceptors (Lipinski definition) is 4. The third-order valence-electron chi connectivity index (χ3n) is 2.65. The molecule has 1 N–H and O–H groups in total. The van der Waals surface area contributed by atoms with Gasteiger partial charge in [-0.25, -0.2) is 13.4 Å². The van der Waals surface area contributed by atoms with E-state index in [0.717, 1.165) is 11.8 Å². The normalized spacial score (nSPS) is 11.0. The van der Waals surface area contributed by atoms with E-state index in [4.69, 9.17) is 28.5 Å². The molecule has 0 amide bonds. The van der Waals surface area contributed by atoms with Crippen LogP contribution in [0.3, 0.4) is 0 Å². The Hall–Kier alpha value is -1.81. The van der Waals surface area contributed by atoms with Gasteiger partial charge in [-0.05, 0) is 36.8 Å². The van der Waals surface area contributed by atoms with E-state index in [1.54, 1.807) is 13.0 Å². The maximum atomic E-state index is 12.2. The predicted molar refractivity (Wildman–Crippen MR) is 81.0 cm³/mol. The quantitative estimate of drug-likeness (QED) is 0.927. The lowest BCUT2D eigenvalue weighted by molar-refractivity contribution is 0.601. The summed E-state index contributed by atoms with van der Waals surface area (Å²) < 4.78 is 26.8. The number of nitrogens with zero attached hydrogens (tertiary/aromatic N) is 2. The number of hydrogen-bond donors (Lipinski definition) is 1. The third kappa shape index (κ3) is 3.45. The lowest BCUT2D eigenvalue weighted by Gasteiger charge is -2.11. The van der Waals surface area contributed by atoms with Crippen LogP contribution in [0.15, 0.2) is 35.4 Å². The van der Waals surface area contributed by atoms with Crippen molar-refractivity contribution >= 4 is 38.9 Å². The summed E-state index contributed by atoms with van der Waals surface area (Å²) in [4.78, 5) is 3.65. The van der Waals surface area contributed by atoms with Gasteiger partial charge in [0, 0.05) is 11.2 Å². The lowest BCUT2D eigenvalue weighted by atomic mass is 10.2. The fraction of sp³-hybridized carbons (Fsp3) is 0.0769. The van der Waals surface area contributed by atoms with Crippen molar-refractivity contribution in [1.29, 1.82) is 5.26 Å². The first-order chi connectivity index (χ1) is 9.83. The summed E-state index contributed by atoms with van der Waals surface area (Å²) >= 11 is 12.0. The highest BCUT2D eigenvalue weighted by atomic mass is 35.5. The van der Waals surface area contributed by atoms with Gasteiger partial charge in [-0.2, -0.15) is 5.26 Å². The molecule has 0 aliphatic heterocycles. The molecular formula is C13H9Cl2N3O2S. The van der Waals surface area contributed by atoms with Gasteiger partial charge in [-0.1, -0.05) is 23.2 Å². The minimum Gasteiger partial charge on any atom is -0.278 e. The van der Waals surface area contributed by atoms with Crippen LogP contribution >= 0.6 is 23.2 Å². The molecule has 0 saturated heterocycles. The number of nitrogens with one attached hydrogen (secondary N) is 1. The first-order valence-corrected chi connectivity index (χ1v) is 7.92.